The molecule has 4 rings (SSSR count). The fourth-order valence-corrected chi connectivity index (χ4v) is 3.67. The first-order chi connectivity index (χ1) is 12.7. The molecule has 7 nitrogen and oxygen atoms in total. The van der Waals surface area contributed by atoms with Gasteiger partial charge >= 0.3 is 0 Å². The highest BCUT2D eigenvalue weighted by atomic mass is 32.1. The summed E-state index contributed by atoms with van der Waals surface area (Å²) in [6.07, 6.45) is 0.294. The van der Waals surface area contributed by atoms with Gasteiger partial charge in [-0.2, -0.15) is 10.2 Å². The van der Waals surface area contributed by atoms with Gasteiger partial charge < -0.3 is 4.74 Å². The lowest BCUT2D eigenvalue weighted by Gasteiger charge is -2.25. The molecule has 0 amide bonds. The van der Waals surface area contributed by atoms with Crippen LogP contribution in [0.3, 0.4) is 0 Å². The third-order valence-electron chi connectivity index (χ3n) is 4.29. The Balaban J connectivity index is 1.51. The summed E-state index contributed by atoms with van der Waals surface area (Å²) in [6, 6.07) is 7.87. The van der Waals surface area contributed by atoms with Crippen LogP contribution >= 0.6 is 11.3 Å². The molecule has 134 valence electrons. The number of fused-ring (bicyclic) bond motifs is 1. The summed E-state index contributed by atoms with van der Waals surface area (Å²) in [5.74, 6) is 0.149. The van der Waals surface area contributed by atoms with Gasteiger partial charge in [-0.05, 0) is 31.2 Å². The van der Waals surface area contributed by atoms with Crippen LogP contribution in [-0.2, 0) is 16.0 Å². The summed E-state index contributed by atoms with van der Waals surface area (Å²) in [5.41, 5.74) is 2.50. The molecule has 26 heavy (non-hydrogen) atoms. The van der Waals surface area contributed by atoms with Gasteiger partial charge in [-0.3, -0.25) is 9.69 Å². The van der Waals surface area contributed by atoms with Crippen LogP contribution in [0.1, 0.15) is 10.7 Å². The van der Waals surface area contributed by atoms with Crippen LogP contribution in [0.2, 0.25) is 0 Å². The van der Waals surface area contributed by atoms with E-state index in [1.54, 1.807) is 11.3 Å². The minimum Gasteiger partial charge on any atom is -0.379 e. The Bertz CT molecular complexity index is 936. The monoisotopic (exact) mass is 369 g/mol. The molecule has 3 aromatic rings. The second-order valence-electron chi connectivity index (χ2n) is 6.34. The first-order valence-corrected chi connectivity index (χ1v) is 9.38. The molecule has 1 fully saturated rings. The van der Waals surface area contributed by atoms with Gasteiger partial charge in [0.15, 0.2) is 5.78 Å². The van der Waals surface area contributed by atoms with Gasteiger partial charge in [0.05, 0.1) is 37.4 Å². The Hall–Kier alpha value is -2.29. The molecule has 0 aliphatic carbocycles. The minimum absolute atomic E-state index is 0.149. The number of morpholine rings is 1. The van der Waals surface area contributed by atoms with Crippen molar-refractivity contribution >= 4 is 28.0 Å². The molecule has 8 heteroatoms. The average Bonchev–Trinajstić information content (AvgIpc) is 3.08. The number of ether oxygens (including phenoxy) is 1. The highest BCUT2D eigenvalue weighted by Gasteiger charge is 2.15. The summed E-state index contributed by atoms with van der Waals surface area (Å²) in [5, 5.41) is 19.5. The largest absolute Gasteiger partial charge is 0.379 e. The van der Waals surface area contributed by atoms with Crippen molar-refractivity contribution in [2.24, 2.45) is 0 Å². The third kappa shape index (κ3) is 3.92. The number of hydrogen-bond donors (Lipinski definition) is 0. The summed E-state index contributed by atoms with van der Waals surface area (Å²) in [6.45, 7) is 5.37. The predicted molar refractivity (Wildman–Crippen MR) is 99.1 cm³/mol. The highest BCUT2D eigenvalue weighted by Crippen LogP contribution is 2.26. The molecule has 0 saturated carbocycles. The normalized spacial score (nSPS) is 15.4. The molecule has 1 aliphatic heterocycles. The van der Waals surface area contributed by atoms with E-state index < -0.39 is 0 Å². The van der Waals surface area contributed by atoms with Gasteiger partial charge in [-0.25, -0.2) is 0 Å². The van der Waals surface area contributed by atoms with Crippen LogP contribution in [0.25, 0.3) is 21.5 Å². The van der Waals surface area contributed by atoms with Crippen LogP contribution in [-0.4, -0.2) is 63.9 Å². The molecular weight excluding hydrogens is 350 g/mol. The molecular formula is C18H19N5O2S. The Kier molecular flexibility index (Phi) is 4.96. The molecule has 0 spiro atoms. The Morgan fingerprint density at radius 2 is 2.00 bits per heavy atom. The highest BCUT2D eigenvalue weighted by molar-refractivity contribution is 7.14. The van der Waals surface area contributed by atoms with E-state index in [4.69, 9.17) is 4.74 Å². The van der Waals surface area contributed by atoms with Crippen molar-refractivity contribution in [2.75, 3.05) is 32.8 Å². The average molecular weight is 369 g/mol. The zero-order valence-corrected chi connectivity index (χ0v) is 15.3. The van der Waals surface area contributed by atoms with Crippen molar-refractivity contribution in [1.29, 1.82) is 0 Å². The Morgan fingerprint density at radius 3 is 2.77 bits per heavy atom. The Labute approximate surface area is 155 Å². The van der Waals surface area contributed by atoms with E-state index in [0.29, 0.717) is 31.9 Å². The van der Waals surface area contributed by atoms with Gasteiger partial charge in [0.1, 0.15) is 10.0 Å². The van der Waals surface area contributed by atoms with Crippen LogP contribution in [0.5, 0.6) is 0 Å². The summed E-state index contributed by atoms with van der Waals surface area (Å²) in [4.78, 5) is 14.5. The molecule has 1 aliphatic rings. The van der Waals surface area contributed by atoms with Crippen LogP contribution < -0.4 is 0 Å². The van der Waals surface area contributed by atoms with Gasteiger partial charge in [0, 0.05) is 24.0 Å². The molecule has 2 aromatic heterocycles. The SMILES string of the molecule is Cc1nnc(-c2ccc3nnc(CC(=O)CN4CCOCC4)cc3c2)s1. The number of aryl methyl sites for hydroxylation is 1. The van der Waals surface area contributed by atoms with Crippen molar-refractivity contribution in [3.05, 3.63) is 35.0 Å². The van der Waals surface area contributed by atoms with Crippen molar-refractivity contribution in [1.82, 2.24) is 25.3 Å². The zero-order chi connectivity index (χ0) is 17.9. The maximum Gasteiger partial charge on any atom is 0.152 e. The van der Waals surface area contributed by atoms with Crippen molar-refractivity contribution in [3.8, 4) is 10.6 Å². The van der Waals surface area contributed by atoms with Crippen molar-refractivity contribution < 1.29 is 9.53 Å². The summed E-state index contributed by atoms with van der Waals surface area (Å²) >= 11 is 1.56. The molecule has 3 heterocycles. The van der Waals surface area contributed by atoms with E-state index in [1.165, 1.54) is 0 Å². The van der Waals surface area contributed by atoms with Gasteiger partial charge in [0.25, 0.3) is 0 Å². The third-order valence-corrected chi connectivity index (χ3v) is 5.18. The van der Waals surface area contributed by atoms with Gasteiger partial charge in [-0.1, -0.05) is 11.3 Å². The first kappa shape index (κ1) is 17.1. The van der Waals surface area contributed by atoms with E-state index in [1.807, 2.05) is 31.2 Å². The number of nitrogens with zero attached hydrogens (tertiary/aromatic N) is 5. The number of ketones is 1. The molecule has 1 aromatic carbocycles. The number of benzene rings is 1. The van der Waals surface area contributed by atoms with E-state index in [9.17, 15) is 4.79 Å². The Morgan fingerprint density at radius 1 is 1.15 bits per heavy atom. The molecule has 1 saturated heterocycles. The minimum atomic E-state index is 0.149. The lowest BCUT2D eigenvalue weighted by molar-refractivity contribution is -0.120. The van der Waals surface area contributed by atoms with Crippen molar-refractivity contribution in [2.45, 2.75) is 13.3 Å². The second kappa shape index (κ2) is 7.53. The van der Waals surface area contributed by atoms with E-state index in [-0.39, 0.29) is 5.78 Å². The van der Waals surface area contributed by atoms with E-state index in [2.05, 4.69) is 25.3 Å². The van der Waals surface area contributed by atoms with Crippen molar-refractivity contribution in [3.63, 3.8) is 0 Å². The summed E-state index contributed by atoms with van der Waals surface area (Å²) in [7, 11) is 0. The van der Waals surface area contributed by atoms with E-state index in [0.717, 1.165) is 39.6 Å². The number of rotatable bonds is 5. The number of hydrogen-bond acceptors (Lipinski definition) is 8. The lowest BCUT2D eigenvalue weighted by Crippen LogP contribution is -2.40. The standard InChI is InChI=1S/C18H19N5O2S/c1-12-19-22-18(26-12)13-2-3-17-14(8-13)9-15(20-21-17)10-16(24)11-23-4-6-25-7-5-23/h2-3,8-9H,4-7,10-11H2,1H3. The number of aromatic nitrogens is 4. The maximum absolute atomic E-state index is 12.3. The topological polar surface area (TPSA) is 81.1 Å². The van der Waals surface area contributed by atoms with Crippen LogP contribution in [0, 0.1) is 6.92 Å². The number of carbonyl (C=O) groups excluding carboxylic acids is 1. The fraction of sp³-hybridized carbons (Fsp3) is 0.389. The molecule has 0 N–H and O–H groups in total. The quantitative estimate of drug-likeness (QED) is 0.679. The molecule has 0 radical (unpaired) electrons. The molecule has 0 unspecified atom stereocenters. The second-order valence-corrected chi connectivity index (χ2v) is 7.52. The molecule has 0 atom stereocenters. The first-order valence-electron chi connectivity index (χ1n) is 8.56. The zero-order valence-electron chi connectivity index (χ0n) is 14.5. The fourth-order valence-electron chi connectivity index (χ4n) is 2.99. The lowest BCUT2D eigenvalue weighted by atomic mass is 10.1. The summed E-state index contributed by atoms with van der Waals surface area (Å²) < 4.78 is 5.31. The smallest absolute Gasteiger partial charge is 0.152 e. The van der Waals surface area contributed by atoms with Gasteiger partial charge in [-0.15, -0.1) is 10.2 Å². The van der Waals surface area contributed by atoms with Crippen LogP contribution in [0.4, 0.5) is 0 Å². The molecule has 0 bridgehead atoms. The maximum atomic E-state index is 12.3. The van der Waals surface area contributed by atoms with Gasteiger partial charge in [0.2, 0.25) is 0 Å². The number of Topliss-reactive ketones (excluding diaryl/α,β-unsaturated/α-hetero) is 1. The predicted octanol–water partition coefficient (Wildman–Crippen LogP) is 1.90. The van der Waals surface area contributed by atoms with E-state index >= 15 is 0 Å². The van der Waals surface area contributed by atoms with Crippen LogP contribution in [0.15, 0.2) is 24.3 Å². The number of carbonyl (C=O) groups is 1.